The van der Waals surface area contributed by atoms with E-state index >= 15 is 0 Å². The van der Waals surface area contributed by atoms with E-state index < -0.39 is 97.5 Å². The summed E-state index contributed by atoms with van der Waals surface area (Å²) in [4.78, 5) is 72.9. The van der Waals surface area contributed by atoms with Crippen LogP contribution in [0.1, 0.15) is 376 Å². The number of carbonyl (C=O) groups excluding carboxylic acids is 4. The second-order valence-electron chi connectivity index (χ2n) is 28.6. The maximum Gasteiger partial charge on any atom is 0.472 e. The molecule has 17 nitrogen and oxygen atoms in total. The smallest absolute Gasteiger partial charge is 0.462 e. The van der Waals surface area contributed by atoms with Crippen LogP contribution in [-0.2, 0) is 65.4 Å². The molecule has 0 rings (SSSR count). The van der Waals surface area contributed by atoms with Crippen molar-refractivity contribution in [1.29, 1.82) is 0 Å². The number of esters is 4. The van der Waals surface area contributed by atoms with Crippen molar-refractivity contribution in [3.05, 3.63) is 24.3 Å². The Hall–Kier alpha value is -2.46. The average molecular weight is 1420 g/mol. The van der Waals surface area contributed by atoms with Crippen molar-refractivity contribution in [3.8, 4) is 0 Å². The van der Waals surface area contributed by atoms with Crippen molar-refractivity contribution in [1.82, 2.24) is 0 Å². The van der Waals surface area contributed by atoms with Crippen LogP contribution < -0.4 is 0 Å². The average Bonchev–Trinajstić information content (AvgIpc) is 1.05. The number of carbonyl (C=O) groups is 4. The number of unbranched alkanes of at least 4 members (excludes halogenated alkanes) is 38. The van der Waals surface area contributed by atoms with E-state index in [1.807, 2.05) is 0 Å². The fourth-order valence-corrected chi connectivity index (χ4v) is 13.0. The summed E-state index contributed by atoms with van der Waals surface area (Å²) >= 11 is 0. The number of aliphatic hydroxyl groups is 1. The van der Waals surface area contributed by atoms with Gasteiger partial charge in [-0.3, -0.25) is 37.3 Å². The number of ether oxygens (including phenoxy) is 4. The molecule has 0 heterocycles. The van der Waals surface area contributed by atoms with E-state index in [0.29, 0.717) is 25.7 Å². The Morgan fingerprint density at radius 1 is 0.340 bits per heavy atom. The molecule has 0 saturated carbocycles. The molecule has 0 bridgehead atoms. The van der Waals surface area contributed by atoms with Crippen LogP contribution in [0.2, 0.25) is 0 Å². The summed E-state index contributed by atoms with van der Waals surface area (Å²) in [5, 5.41) is 10.6. The molecule has 0 amide bonds. The molecule has 0 aliphatic heterocycles. The molecule has 97 heavy (non-hydrogen) atoms. The zero-order chi connectivity index (χ0) is 71.6. The third-order valence-corrected chi connectivity index (χ3v) is 19.8. The molecule has 19 heteroatoms. The molecule has 0 aromatic rings. The van der Waals surface area contributed by atoms with E-state index in [0.717, 1.165) is 127 Å². The molecule has 572 valence electrons. The van der Waals surface area contributed by atoms with Gasteiger partial charge in [-0.2, -0.15) is 0 Å². The van der Waals surface area contributed by atoms with Gasteiger partial charge in [-0.25, -0.2) is 9.13 Å². The minimum atomic E-state index is -4.97. The summed E-state index contributed by atoms with van der Waals surface area (Å²) in [5.41, 5.74) is 0. The summed E-state index contributed by atoms with van der Waals surface area (Å²) in [5.74, 6) is 0.154. The lowest BCUT2D eigenvalue weighted by Gasteiger charge is -2.21. The summed E-state index contributed by atoms with van der Waals surface area (Å²) in [6.45, 7) is 11.8. The first-order valence-electron chi connectivity index (χ1n) is 39.7. The zero-order valence-corrected chi connectivity index (χ0v) is 64.8. The fourth-order valence-electron chi connectivity index (χ4n) is 11.4. The van der Waals surface area contributed by atoms with Crippen molar-refractivity contribution in [3.63, 3.8) is 0 Å². The highest BCUT2D eigenvalue weighted by atomic mass is 31.2. The molecule has 3 unspecified atom stereocenters. The number of phosphoric ester groups is 2. The minimum Gasteiger partial charge on any atom is -0.462 e. The second-order valence-corrected chi connectivity index (χ2v) is 31.5. The lowest BCUT2D eigenvalue weighted by molar-refractivity contribution is -0.161. The highest BCUT2D eigenvalue weighted by molar-refractivity contribution is 7.47. The van der Waals surface area contributed by atoms with Crippen LogP contribution in [0.3, 0.4) is 0 Å². The van der Waals surface area contributed by atoms with Crippen LogP contribution in [-0.4, -0.2) is 96.7 Å². The highest BCUT2D eigenvalue weighted by Gasteiger charge is 2.30. The van der Waals surface area contributed by atoms with Gasteiger partial charge in [-0.15, -0.1) is 0 Å². The number of hydrogen-bond acceptors (Lipinski definition) is 15. The standard InChI is InChI=1S/C78H148O17P2/c1-8-10-11-12-13-14-15-16-17-22-28-33-38-47-54-61-78(83)95-74(66-89-76(81)60-53-46-41-40-44-51-58-71(7)9-2)68-93-97(86,87)91-64-72(79)63-90-96(84,85)92-67-73(94-77(82)62-55-48-39-34-29-24-23-26-31-36-43-50-57-70(5)6)65-88-75(80)59-52-45-37-32-27-21-19-18-20-25-30-35-42-49-56-69(3)4/h14-17,69-74,79H,8-13,18-68H2,1-7H3,(H,84,85)(H,86,87)/b15-14-,17-16-/t71?,72-,73-,74-/m1/s1. The molecule has 0 aromatic carbocycles. The number of phosphoric acid groups is 2. The summed E-state index contributed by atoms with van der Waals surface area (Å²) in [6, 6.07) is 0. The van der Waals surface area contributed by atoms with Gasteiger partial charge < -0.3 is 33.8 Å². The maximum absolute atomic E-state index is 13.1. The normalized spacial score (nSPS) is 14.5. The summed E-state index contributed by atoms with van der Waals surface area (Å²) in [7, 11) is -9.93. The van der Waals surface area contributed by atoms with Gasteiger partial charge >= 0.3 is 39.5 Å². The zero-order valence-electron chi connectivity index (χ0n) is 63.0. The van der Waals surface area contributed by atoms with Crippen LogP contribution in [0.4, 0.5) is 0 Å². The molecule has 0 fully saturated rings. The van der Waals surface area contributed by atoms with Crippen molar-refractivity contribution in [2.45, 2.75) is 394 Å². The minimum absolute atomic E-state index is 0.0839. The summed E-state index contributed by atoms with van der Waals surface area (Å²) < 4.78 is 68.6. The van der Waals surface area contributed by atoms with Crippen molar-refractivity contribution in [2.24, 2.45) is 17.8 Å². The van der Waals surface area contributed by atoms with Crippen LogP contribution in [0.15, 0.2) is 24.3 Å². The van der Waals surface area contributed by atoms with E-state index in [1.165, 1.54) is 167 Å². The van der Waals surface area contributed by atoms with Crippen molar-refractivity contribution in [2.75, 3.05) is 39.6 Å². The van der Waals surface area contributed by atoms with E-state index in [4.69, 9.17) is 37.0 Å². The Morgan fingerprint density at radius 2 is 0.608 bits per heavy atom. The van der Waals surface area contributed by atoms with E-state index in [-0.39, 0.29) is 25.7 Å². The predicted octanol–water partition coefficient (Wildman–Crippen LogP) is 22.5. The van der Waals surface area contributed by atoms with Gasteiger partial charge in [0.1, 0.15) is 19.3 Å². The van der Waals surface area contributed by atoms with Gasteiger partial charge in [-0.05, 0) is 69.1 Å². The van der Waals surface area contributed by atoms with Gasteiger partial charge in [0.15, 0.2) is 12.2 Å². The monoisotopic (exact) mass is 1420 g/mol. The van der Waals surface area contributed by atoms with Crippen molar-refractivity contribution < 1.29 is 80.2 Å². The van der Waals surface area contributed by atoms with Crippen LogP contribution in [0.5, 0.6) is 0 Å². The van der Waals surface area contributed by atoms with Crippen molar-refractivity contribution >= 4 is 39.5 Å². The number of allylic oxidation sites excluding steroid dienone is 4. The van der Waals surface area contributed by atoms with Gasteiger partial charge in [-0.1, -0.05) is 323 Å². The molecule has 6 atom stereocenters. The fraction of sp³-hybridized carbons (Fsp3) is 0.897. The third-order valence-electron chi connectivity index (χ3n) is 17.9. The third kappa shape index (κ3) is 70.4. The number of rotatable bonds is 74. The molecule has 0 aromatic heterocycles. The van der Waals surface area contributed by atoms with E-state index in [9.17, 15) is 43.2 Å². The summed E-state index contributed by atoms with van der Waals surface area (Å²) in [6.07, 6.45) is 57.7. The van der Waals surface area contributed by atoms with Gasteiger partial charge in [0.2, 0.25) is 0 Å². The lowest BCUT2D eigenvalue weighted by Crippen LogP contribution is -2.30. The molecule has 0 saturated heterocycles. The molecule has 0 aliphatic rings. The first kappa shape index (κ1) is 94.5. The van der Waals surface area contributed by atoms with Gasteiger partial charge in [0, 0.05) is 25.7 Å². The first-order valence-corrected chi connectivity index (χ1v) is 42.7. The van der Waals surface area contributed by atoms with E-state index in [1.54, 1.807) is 0 Å². The molecule has 0 radical (unpaired) electrons. The number of aliphatic hydroxyl groups excluding tert-OH is 1. The Bertz CT molecular complexity index is 1980. The highest BCUT2D eigenvalue weighted by Crippen LogP contribution is 2.45. The Morgan fingerprint density at radius 3 is 0.918 bits per heavy atom. The van der Waals surface area contributed by atoms with Crippen LogP contribution in [0.25, 0.3) is 0 Å². The maximum atomic E-state index is 13.1. The molecular formula is C78H148O17P2. The number of hydrogen-bond donors (Lipinski definition) is 3. The van der Waals surface area contributed by atoms with Gasteiger partial charge in [0.25, 0.3) is 0 Å². The van der Waals surface area contributed by atoms with Crippen LogP contribution in [0, 0.1) is 17.8 Å². The van der Waals surface area contributed by atoms with Gasteiger partial charge in [0.05, 0.1) is 26.4 Å². The molecular weight excluding hydrogens is 1270 g/mol. The molecule has 3 N–H and O–H groups in total. The topological polar surface area (TPSA) is 237 Å². The Kier molecular flexibility index (Phi) is 66.3. The quantitative estimate of drug-likeness (QED) is 0.0169. The van der Waals surface area contributed by atoms with Crippen LogP contribution >= 0.6 is 15.6 Å². The Balaban J connectivity index is 5.29. The SMILES string of the molecule is CCCCCC/C=C\C=C/CCCCCCCC(=O)O[C@H](COC(=O)CCCCCCCCC(C)CC)COP(=O)(O)OC[C@H](O)COP(=O)(O)OC[C@@H](COC(=O)CCCCCCCCCCCCCCCCC(C)C)OC(=O)CCCCCCCCCCCCCCC(C)C. The largest absolute Gasteiger partial charge is 0.472 e. The van der Waals surface area contributed by atoms with E-state index in [2.05, 4.69) is 72.8 Å². The molecule has 0 spiro atoms. The second kappa shape index (κ2) is 68.0. The Labute approximate surface area is 592 Å². The molecule has 0 aliphatic carbocycles. The predicted molar refractivity (Wildman–Crippen MR) is 395 cm³/mol. The lowest BCUT2D eigenvalue weighted by atomic mass is 10.00. The first-order chi connectivity index (χ1) is 46.8.